The summed E-state index contributed by atoms with van der Waals surface area (Å²) in [4.78, 5) is 22.2. The van der Waals surface area contributed by atoms with E-state index < -0.39 is 5.60 Å². The second-order valence-corrected chi connectivity index (χ2v) is 12.1. The number of carbonyl (C=O) groups is 1. The van der Waals surface area contributed by atoms with Gasteiger partial charge in [-0.1, -0.05) is 32.9 Å². The van der Waals surface area contributed by atoms with Gasteiger partial charge in [0.1, 0.15) is 5.60 Å². The lowest BCUT2D eigenvalue weighted by Gasteiger charge is -2.33. The number of aromatic nitrogens is 1. The standard InChI is InChI=1S/C25H35N3O2S/c1-16-8-10-20(28(13-16)23(29)30-24(2,3)4)17-9-11-21-19(12-17)26-22(31-21)18-14-27(7)15-25(18,5)6/h9-12,16,18H,8,13-15H2,1-7H3/t16-,18-/m0/s1. The maximum atomic E-state index is 12.9. The number of hydrogen-bond donors (Lipinski definition) is 0. The maximum absolute atomic E-state index is 12.9. The van der Waals surface area contributed by atoms with E-state index in [2.05, 4.69) is 57.0 Å². The van der Waals surface area contributed by atoms with Crippen molar-refractivity contribution in [3.05, 3.63) is 34.8 Å². The zero-order valence-corrected chi connectivity index (χ0v) is 20.7. The number of likely N-dealkylation sites (N-methyl/N-ethyl adjacent to an activating group) is 1. The van der Waals surface area contributed by atoms with E-state index in [1.165, 1.54) is 9.71 Å². The molecule has 168 valence electrons. The molecule has 5 nitrogen and oxygen atoms in total. The molecule has 1 fully saturated rings. The fraction of sp³-hybridized carbons (Fsp3) is 0.600. The molecule has 1 saturated heterocycles. The predicted octanol–water partition coefficient (Wildman–Crippen LogP) is 5.97. The van der Waals surface area contributed by atoms with Gasteiger partial charge in [-0.15, -0.1) is 11.3 Å². The highest BCUT2D eigenvalue weighted by Gasteiger charge is 2.40. The Balaban J connectivity index is 1.66. The number of nitrogens with zero attached hydrogens (tertiary/aromatic N) is 3. The van der Waals surface area contributed by atoms with E-state index >= 15 is 0 Å². The average Bonchev–Trinajstić information content (AvgIpc) is 3.18. The Hall–Kier alpha value is -1.92. The molecule has 0 N–H and O–H groups in total. The Labute approximate surface area is 190 Å². The van der Waals surface area contributed by atoms with Crippen LogP contribution in [0.3, 0.4) is 0 Å². The summed E-state index contributed by atoms with van der Waals surface area (Å²) in [6.07, 6.45) is 2.85. The SMILES string of the molecule is C[C@H]1CC=C(c2ccc3sc([C@@H]4CN(C)CC4(C)C)nc3c2)N(C(=O)OC(C)(C)C)C1. The number of hydrogen-bond acceptors (Lipinski definition) is 5. The third-order valence-corrected chi connectivity index (χ3v) is 7.38. The number of rotatable bonds is 2. The minimum atomic E-state index is -0.516. The van der Waals surface area contributed by atoms with E-state index in [1.807, 2.05) is 32.1 Å². The molecule has 3 heterocycles. The molecule has 0 unspecified atom stereocenters. The fourth-order valence-corrected chi connectivity index (χ4v) is 6.02. The highest BCUT2D eigenvalue weighted by atomic mass is 32.1. The summed E-state index contributed by atoms with van der Waals surface area (Å²) >= 11 is 1.81. The van der Waals surface area contributed by atoms with Crippen molar-refractivity contribution in [1.29, 1.82) is 0 Å². The number of benzene rings is 1. The number of allylic oxidation sites excluding steroid dienone is 1. The van der Waals surface area contributed by atoms with Gasteiger partial charge < -0.3 is 9.64 Å². The van der Waals surface area contributed by atoms with Crippen molar-refractivity contribution in [1.82, 2.24) is 14.8 Å². The molecule has 0 spiro atoms. The van der Waals surface area contributed by atoms with Crippen LogP contribution in [0, 0.1) is 11.3 Å². The molecule has 31 heavy (non-hydrogen) atoms. The number of ether oxygens (including phenoxy) is 1. The molecule has 2 atom stereocenters. The zero-order valence-electron chi connectivity index (χ0n) is 19.9. The van der Waals surface area contributed by atoms with Crippen LogP contribution in [0.15, 0.2) is 24.3 Å². The Morgan fingerprint density at radius 1 is 1.26 bits per heavy atom. The number of amides is 1. The molecule has 1 aromatic heterocycles. The van der Waals surface area contributed by atoms with Crippen LogP contribution in [0.1, 0.15) is 64.5 Å². The molecule has 1 amide bonds. The van der Waals surface area contributed by atoms with Crippen LogP contribution in [-0.4, -0.2) is 53.2 Å². The first-order chi connectivity index (χ1) is 14.4. The molecule has 2 aromatic rings. The van der Waals surface area contributed by atoms with Gasteiger partial charge in [-0.25, -0.2) is 9.78 Å². The Morgan fingerprint density at radius 2 is 2.00 bits per heavy atom. The molecule has 0 bridgehead atoms. The first kappa shape index (κ1) is 22.3. The van der Waals surface area contributed by atoms with E-state index in [9.17, 15) is 4.79 Å². The summed E-state index contributed by atoms with van der Waals surface area (Å²) in [5.74, 6) is 0.860. The lowest BCUT2D eigenvalue weighted by Crippen LogP contribution is -2.39. The van der Waals surface area contributed by atoms with Crippen LogP contribution in [0.5, 0.6) is 0 Å². The lowest BCUT2D eigenvalue weighted by molar-refractivity contribution is 0.0327. The molecule has 0 radical (unpaired) electrons. The van der Waals surface area contributed by atoms with Gasteiger partial charge in [0, 0.05) is 31.1 Å². The van der Waals surface area contributed by atoms with E-state index in [-0.39, 0.29) is 11.5 Å². The summed E-state index contributed by atoms with van der Waals surface area (Å²) < 4.78 is 6.90. The van der Waals surface area contributed by atoms with E-state index in [4.69, 9.17) is 9.72 Å². The number of fused-ring (bicyclic) bond motifs is 1. The normalized spacial score (nSPS) is 24.5. The summed E-state index contributed by atoms with van der Waals surface area (Å²) in [6.45, 7) is 15.4. The average molecular weight is 442 g/mol. The van der Waals surface area contributed by atoms with Gasteiger partial charge in [-0.05, 0) is 57.7 Å². The molecule has 2 aliphatic heterocycles. The van der Waals surface area contributed by atoms with Crippen LogP contribution in [0.25, 0.3) is 15.9 Å². The van der Waals surface area contributed by atoms with Crippen molar-refractivity contribution in [3.8, 4) is 0 Å². The van der Waals surface area contributed by atoms with Gasteiger partial charge in [0.05, 0.1) is 20.9 Å². The summed E-state index contributed by atoms with van der Waals surface area (Å²) in [6, 6.07) is 6.42. The van der Waals surface area contributed by atoms with Crippen molar-refractivity contribution in [2.24, 2.45) is 11.3 Å². The molecular formula is C25H35N3O2S. The largest absolute Gasteiger partial charge is 0.443 e. The number of likely N-dealkylation sites (tertiary alicyclic amines) is 1. The van der Waals surface area contributed by atoms with Crippen molar-refractivity contribution >= 4 is 33.3 Å². The van der Waals surface area contributed by atoms with Crippen molar-refractivity contribution < 1.29 is 9.53 Å². The number of thiazole rings is 1. The lowest BCUT2D eigenvalue weighted by atomic mass is 9.82. The van der Waals surface area contributed by atoms with Crippen molar-refractivity contribution in [2.45, 2.75) is 59.5 Å². The molecular weight excluding hydrogens is 406 g/mol. The molecule has 0 saturated carbocycles. The highest BCUT2D eigenvalue weighted by molar-refractivity contribution is 7.18. The van der Waals surface area contributed by atoms with Gasteiger partial charge in [-0.2, -0.15) is 0 Å². The number of carbonyl (C=O) groups excluding carboxylic acids is 1. The van der Waals surface area contributed by atoms with Crippen LogP contribution in [-0.2, 0) is 4.74 Å². The summed E-state index contributed by atoms with van der Waals surface area (Å²) in [5.41, 5.74) is 2.69. The molecule has 6 heteroatoms. The van der Waals surface area contributed by atoms with Gasteiger partial charge in [0.2, 0.25) is 0 Å². The van der Waals surface area contributed by atoms with E-state index in [0.717, 1.165) is 36.3 Å². The highest BCUT2D eigenvalue weighted by Crippen LogP contribution is 2.44. The second-order valence-electron chi connectivity index (χ2n) is 11.0. The van der Waals surface area contributed by atoms with Gasteiger partial charge in [-0.3, -0.25) is 4.90 Å². The Morgan fingerprint density at radius 3 is 2.65 bits per heavy atom. The quantitative estimate of drug-likeness (QED) is 0.576. The minimum absolute atomic E-state index is 0.223. The smallest absolute Gasteiger partial charge is 0.414 e. The molecule has 4 rings (SSSR count). The third-order valence-electron chi connectivity index (χ3n) is 6.23. The topological polar surface area (TPSA) is 45.7 Å². The Kier molecular flexibility index (Phi) is 5.67. The van der Waals surface area contributed by atoms with Crippen molar-refractivity contribution in [2.75, 3.05) is 26.7 Å². The summed E-state index contributed by atoms with van der Waals surface area (Å²) in [5, 5.41) is 1.22. The van der Waals surface area contributed by atoms with Crippen molar-refractivity contribution in [3.63, 3.8) is 0 Å². The van der Waals surface area contributed by atoms with Gasteiger partial charge in [0.25, 0.3) is 0 Å². The first-order valence-electron chi connectivity index (χ1n) is 11.2. The third kappa shape index (κ3) is 4.65. The molecule has 0 aliphatic carbocycles. The first-order valence-corrected chi connectivity index (χ1v) is 12.0. The van der Waals surface area contributed by atoms with Crippen LogP contribution >= 0.6 is 11.3 Å². The molecule has 2 aliphatic rings. The Bertz CT molecular complexity index is 1020. The summed E-state index contributed by atoms with van der Waals surface area (Å²) in [7, 11) is 2.19. The monoisotopic (exact) mass is 441 g/mol. The minimum Gasteiger partial charge on any atom is -0.443 e. The van der Waals surface area contributed by atoms with E-state index in [1.54, 1.807) is 4.90 Å². The van der Waals surface area contributed by atoms with Crippen LogP contribution in [0.2, 0.25) is 0 Å². The molecule has 1 aromatic carbocycles. The fourth-order valence-electron chi connectivity index (χ4n) is 4.77. The second kappa shape index (κ2) is 7.89. The van der Waals surface area contributed by atoms with Crippen LogP contribution in [0.4, 0.5) is 4.79 Å². The van der Waals surface area contributed by atoms with Gasteiger partial charge >= 0.3 is 6.09 Å². The maximum Gasteiger partial charge on any atom is 0.414 e. The predicted molar refractivity (Wildman–Crippen MR) is 128 cm³/mol. The zero-order chi connectivity index (χ0) is 22.6. The van der Waals surface area contributed by atoms with Crippen LogP contribution < -0.4 is 0 Å². The van der Waals surface area contributed by atoms with E-state index in [0.29, 0.717) is 18.4 Å². The van der Waals surface area contributed by atoms with Gasteiger partial charge in [0.15, 0.2) is 0 Å².